The van der Waals surface area contributed by atoms with Gasteiger partial charge in [-0.05, 0) is 294 Å². The number of aryl methyl sites for hydroxylation is 6. The van der Waals surface area contributed by atoms with Gasteiger partial charge >= 0.3 is 0 Å². The van der Waals surface area contributed by atoms with Crippen LogP contribution in [0.4, 0.5) is 34.1 Å². The van der Waals surface area contributed by atoms with Gasteiger partial charge in [-0.1, -0.05) is 237 Å². The summed E-state index contributed by atoms with van der Waals surface area (Å²) in [7, 11) is 0. The van der Waals surface area contributed by atoms with Crippen molar-refractivity contribution >= 4 is 57.2 Å². The predicted octanol–water partition coefficient (Wildman–Crippen LogP) is 30.1. The zero-order chi connectivity index (χ0) is 93.0. The average Bonchev–Trinajstić information content (AvgIpc) is 1.56. The van der Waals surface area contributed by atoms with E-state index in [1.807, 2.05) is 18.6 Å². The lowest BCUT2D eigenvalue weighted by molar-refractivity contribution is -0.0603. The van der Waals surface area contributed by atoms with E-state index in [0.29, 0.717) is 12.1 Å². The largest absolute Gasteiger partial charge is 0.359 e. The maximum absolute atomic E-state index is 5.82. The van der Waals surface area contributed by atoms with Gasteiger partial charge in [0.15, 0.2) is 23.0 Å². The number of hydrogen-bond acceptors (Lipinski definition) is 18. The van der Waals surface area contributed by atoms with Crippen LogP contribution in [-0.2, 0) is 44.1 Å². The summed E-state index contributed by atoms with van der Waals surface area (Å²) in [5, 5.41) is 16.6. The number of fused-ring (bicyclic) bond motifs is 17. The SMILES string of the molecule is Cc1cccc2c1N1C(C)c3oncc3C1(C)C(C)(C)C2(C)C.Cc1cccc2c1N1C(C)c3oncc3C1(C)C(C)(C)C2(C)C.Cc1ccccc1N1C(C)c2oncc2C12C1CC3CC(C1)CC2C3.Cc1ccccc1N1C(C)c2oncc2C12CCCCC2.Cc1ccccc1N1C(C)c2sncc2C12CCCC2.Cc1ccccc1N1C(C)c2sncc2C12CCCCC2. The Kier molecular flexibility index (Phi) is 21.9. The van der Waals surface area contributed by atoms with Gasteiger partial charge in [0.1, 0.15) is 0 Å². The third-order valence-electron chi connectivity index (χ3n) is 38.5. The first-order valence-corrected chi connectivity index (χ1v) is 52.2. The third kappa shape index (κ3) is 12.5. The van der Waals surface area contributed by atoms with E-state index in [-0.39, 0.29) is 79.1 Å². The molecule has 0 amide bonds. The molecule has 7 saturated carbocycles. The molecule has 7 fully saturated rings. The van der Waals surface area contributed by atoms with Gasteiger partial charge in [0, 0.05) is 90.7 Å². The lowest BCUT2D eigenvalue weighted by Gasteiger charge is -2.63. The molecule has 133 heavy (non-hydrogen) atoms. The molecule has 15 aliphatic rings. The van der Waals surface area contributed by atoms with Crippen LogP contribution in [0, 0.1) is 76.0 Å². The normalized spacial score (nSPS) is 29.0. The molecule has 698 valence electrons. The van der Waals surface area contributed by atoms with Gasteiger partial charge in [-0.15, -0.1) is 0 Å². The lowest BCUT2D eigenvalue weighted by Crippen LogP contribution is -2.62. The second-order valence-corrected chi connectivity index (χ2v) is 46.9. The maximum Gasteiger partial charge on any atom is 0.164 e. The zero-order valence-electron chi connectivity index (χ0n) is 83.2. The first-order valence-electron chi connectivity index (χ1n) is 50.6. The highest BCUT2D eigenvalue weighted by molar-refractivity contribution is 7.06. The van der Waals surface area contributed by atoms with Crippen LogP contribution in [0.2, 0.25) is 0 Å². The summed E-state index contributed by atoms with van der Waals surface area (Å²) in [6, 6.07) is 50.6. The minimum atomic E-state index is -0.135. The molecular formula is C115H142N12O4S2. The molecular weight excluding hydrogens is 1680 g/mol. The summed E-state index contributed by atoms with van der Waals surface area (Å²) in [5.41, 5.74) is 28.1. The quantitative estimate of drug-likeness (QED) is 0.164. The van der Waals surface area contributed by atoms with Crippen molar-refractivity contribution in [2.24, 2.45) is 34.5 Å². The number of nitrogens with zero attached hydrogens (tertiary/aromatic N) is 12. The van der Waals surface area contributed by atoms with E-state index in [0.717, 1.165) is 46.7 Å². The molecule has 14 heterocycles. The molecule has 27 rings (SSSR count). The third-order valence-corrected chi connectivity index (χ3v) is 40.4. The topological polar surface area (TPSA) is 149 Å². The molecule has 4 spiro atoms. The van der Waals surface area contributed by atoms with Crippen LogP contribution in [0.1, 0.15) is 380 Å². The van der Waals surface area contributed by atoms with Crippen molar-refractivity contribution in [3.05, 3.63) is 281 Å². The molecule has 12 aromatic rings. The lowest BCUT2D eigenvalue weighted by atomic mass is 9.47. The minimum Gasteiger partial charge on any atom is -0.359 e. The van der Waals surface area contributed by atoms with Gasteiger partial charge in [-0.25, -0.2) is 8.75 Å². The van der Waals surface area contributed by atoms with Gasteiger partial charge in [0.05, 0.1) is 104 Å². The molecule has 16 nitrogen and oxygen atoms in total. The fraction of sp³-hybridized carbons (Fsp3) is 0.530. The summed E-state index contributed by atoms with van der Waals surface area (Å²) in [6.07, 6.45) is 37.4. The van der Waals surface area contributed by atoms with Crippen molar-refractivity contribution in [1.82, 2.24) is 29.4 Å². The minimum absolute atomic E-state index is 0.0197. The molecule has 8 atom stereocenters. The van der Waals surface area contributed by atoms with Crippen molar-refractivity contribution in [3.8, 4) is 0 Å². The highest BCUT2D eigenvalue weighted by atomic mass is 32.1. The summed E-state index contributed by atoms with van der Waals surface area (Å²) in [4.78, 5) is 18.9. The molecule has 7 aliphatic carbocycles. The standard InChI is InChI=1S/C22H26N2O.2C20H26N2O.C18H22N2O.C18H22N2S.C17H20N2S/c1-13-5-3-4-6-20(13)24-14(2)21-19(12-23-25-21)22(24)17-8-15-7-16(10-17)11-18(22)9-15;2*1-12-9-8-10-14-16(12)22-13(2)17-15(11-21-23-17)20(22,7)19(5,6)18(14,3)4;2*1-13-8-4-5-9-16(13)20-14(2)17-15(12-19-21-17)18(20)10-6-3-7-11-18;1-12-7-3-4-8-15(12)19-13(2)16-14(11-18-20-16)17(19)9-5-6-10-17/h3-6,12,14-18H,7-11H2,1-2H3;2*8-11,13H,1-7H3;2*4-5,8-9,12,14H,3,6-7,10-11H2,1-2H3;3-4,7-8,11,13H,5-6,9-10H2,1-2H3. The predicted molar refractivity (Wildman–Crippen MR) is 539 cm³/mol. The molecule has 0 radical (unpaired) electrons. The number of para-hydroxylation sites is 6. The molecule has 8 aliphatic heterocycles. The van der Waals surface area contributed by atoms with Crippen LogP contribution >= 0.6 is 23.1 Å². The Morgan fingerprint density at radius 2 is 0.579 bits per heavy atom. The Balaban J connectivity index is 0.0000000962. The van der Waals surface area contributed by atoms with Gasteiger partial charge < -0.3 is 47.5 Å². The van der Waals surface area contributed by atoms with Crippen LogP contribution in [0.3, 0.4) is 0 Å². The number of rotatable bonds is 4. The summed E-state index contributed by atoms with van der Waals surface area (Å²) >= 11 is 3.39. The van der Waals surface area contributed by atoms with Crippen molar-refractivity contribution in [2.45, 2.75) is 355 Å². The Bertz CT molecular complexity index is 6070. The van der Waals surface area contributed by atoms with Gasteiger partial charge in [-0.2, -0.15) is 0 Å². The zero-order valence-corrected chi connectivity index (χ0v) is 84.8. The van der Waals surface area contributed by atoms with Crippen molar-refractivity contribution in [3.63, 3.8) is 0 Å². The van der Waals surface area contributed by atoms with Crippen LogP contribution in [0.5, 0.6) is 0 Å². The van der Waals surface area contributed by atoms with E-state index in [1.54, 1.807) is 23.1 Å². The van der Waals surface area contributed by atoms with Gasteiger partial charge in [0.25, 0.3) is 0 Å². The fourth-order valence-electron chi connectivity index (χ4n) is 30.6. The molecule has 4 bridgehead atoms. The molecule has 0 saturated heterocycles. The number of benzene rings is 6. The maximum atomic E-state index is 5.82. The Hall–Kier alpha value is -9.78. The van der Waals surface area contributed by atoms with E-state index in [4.69, 9.17) is 18.1 Å². The van der Waals surface area contributed by atoms with E-state index in [9.17, 15) is 0 Å². The monoisotopic (exact) mass is 1820 g/mol. The summed E-state index contributed by atoms with van der Waals surface area (Å²) in [5.74, 6) is 7.67. The van der Waals surface area contributed by atoms with Crippen LogP contribution in [0.15, 0.2) is 189 Å². The second kappa shape index (κ2) is 32.5. The molecule has 6 aromatic carbocycles. The molecule has 18 heteroatoms. The van der Waals surface area contributed by atoms with Crippen LogP contribution in [0.25, 0.3) is 0 Å². The van der Waals surface area contributed by atoms with E-state index < -0.39 is 0 Å². The van der Waals surface area contributed by atoms with E-state index in [2.05, 4.69) is 363 Å². The Labute approximate surface area is 799 Å². The first-order chi connectivity index (χ1) is 63.7. The second-order valence-electron chi connectivity index (χ2n) is 45.2. The Morgan fingerprint density at radius 3 is 0.955 bits per heavy atom. The van der Waals surface area contributed by atoms with Crippen molar-refractivity contribution in [2.75, 3.05) is 29.4 Å². The van der Waals surface area contributed by atoms with Crippen LogP contribution in [-0.4, -0.2) is 29.4 Å². The van der Waals surface area contributed by atoms with E-state index >= 15 is 0 Å². The van der Waals surface area contributed by atoms with Crippen molar-refractivity contribution < 1.29 is 18.1 Å². The van der Waals surface area contributed by atoms with E-state index in [1.165, 1.54) is 244 Å². The number of aromatic nitrogens is 6. The first kappa shape index (κ1) is 89.7. The molecule has 0 N–H and O–H groups in total. The van der Waals surface area contributed by atoms with Gasteiger partial charge in [-0.3, -0.25) is 0 Å². The average molecular weight is 1820 g/mol. The van der Waals surface area contributed by atoms with Crippen molar-refractivity contribution in [1.29, 1.82) is 0 Å². The number of anilines is 6. The highest BCUT2D eigenvalue weighted by Crippen LogP contribution is 2.73. The molecule has 6 aromatic heterocycles. The summed E-state index contributed by atoms with van der Waals surface area (Å²) < 4.78 is 31.8. The number of hydrogen-bond donors (Lipinski definition) is 0. The summed E-state index contributed by atoms with van der Waals surface area (Å²) in [6.45, 7) is 50.9. The Morgan fingerprint density at radius 1 is 0.286 bits per heavy atom. The van der Waals surface area contributed by atoms with Gasteiger partial charge in [0.2, 0.25) is 0 Å². The van der Waals surface area contributed by atoms with Crippen LogP contribution < -0.4 is 29.4 Å². The smallest absolute Gasteiger partial charge is 0.164 e. The molecule has 8 unspecified atom stereocenters. The fourth-order valence-corrected chi connectivity index (χ4v) is 32.3. The highest BCUT2D eigenvalue weighted by Gasteiger charge is 2.70.